The second-order valence-electron chi connectivity index (χ2n) is 20.1. The molecule has 24 heteroatoms. The molecule has 6 atom stereocenters. The van der Waals surface area contributed by atoms with E-state index in [4.69, 9.17) is 0 Å². The van der Waals surface area contributed by atoms with Gasteiger partial charge in [-0.05, 0) is 128 Å². The zero-order valence-electron chi connectivity index (χ0n) is 45.6. The van der Waals surface area contributed by atoms with Gasteiger partial charge in [0.1, 0.15) is 12.1 Å². The minimum Gasteiger partial charge on any atom is -0.352 e. The number of likely N-dealkylation sites (N-methyl/N-ethyl adjacent to an activating group) is 2. The highest BCUT2D eigenvalue weighted by atomic mass is 19.4. The highest BCUT2D eigenvalue weighted by Gasteiger charge is 2.46. The normalized spacial score (nSPS) is 16.9. The van der Waals surface area contributed by atoms with Crippen LogP contribution >= 0.6 is 0 Å². The van der Waals surface area contributed by atoms with Crippen LogP contribution in [0.15, 0.2) is 84.9 Å². The number of alkyl halides is 6. The standard InChI is InChI=1S/C56H74F6N10O8/c1-37(63-3)47(73)67-45(51(77)71-31-13-19-43(71)35-69(53(79)55(57,58)59)33-27-39-15-7-5-8-16-39)21-11-29-65-49(75)41-23-25-42(26-24-41)50(76)66-30-12-22-46(68-48(74)38(2)64-4)52(78)72-32-14-20-44(72)36-70(54(80)56(60,61)62)34-28-40-17-9-6-10-18-40/h5-10,15-18,23-26,37-38,43-46,63-64H,11-14,19-22,27-36H2,1-4H3,(H,65,75)(H,66,76)(H,67,73)(H,68,74)/t37-,38-,43-,44-,45-,46?/m0/s1. The summed E-state index contributed by atoms with van der Waals surface area (Å²) in [5.74, 6) is -7.06. The molecule has 80 heavy (non-hydrogen) atoms. The van der Waals surface area contributed by atoms with Crippen molar-refractivity contribution in [1.82, 2.24) is 51.5 Å². The minimum absolute atomic E-state index is 0.0553. The lowest BCUT2D eigenvalue weighted by Crippen LogP contribution is -2.55. The van der Waals surface area contributed by atoms with E-state index in [-0.39, 0.29) is 102 Å². The molecule has 3 aromatic carbocycles. The summed E-state index contributed by atoms with van der Waals surface area (Å²) in [6.45, 7) is 2.54. The van der Waals surface area contributed by atoms with E-state index < -0.39 is 95.9 Å². The van der Waals surface area contributed by atoms with Crippen molar-refractivity contribution in [2.75, 3.05) is 66.5 Å². The van der Waals surface area contributed by atoms with Crippen LogP contribution < -0.4 is 31.9 Å². The highest BCUT2D eigenvalue weighted by Crippen LogP contribution is 2.27. The van der Waals surface area contributed by atoms with E-state index in [2.05, 4.69) is 31.9 Å². The van der Waals surface area contributed by atoms with Crippen LogP contribution in [0.3, 0.4) is 0 Å². The molecule has 438 valence electrons. The van der Waals surface area contributed by atoms with Gasteiger partial charge in [0.2, 0.25) is 23.6 Å². The van der Waals surface area contributed by atoms with Crippen LogP contribution in [0.2, 0.25) is 0 Å². The largest absolute Gasteiger partial charge is 0.471 e. The first kappa shape index (κ1) is 63.7. The maximum absolute atomic E-state index is 14.1. The quantitative estimate of drug-likeness (QED) is 0.0451. The van der Waals surface area contributed by atoms with Crippen LogP contribution in [0.4, 0.5) is 26.3 Å². The first-order valence-electron chi connectivity index (χ1n) is 27.0. The Hall–Kier alpha value is -7.08. The van der Waals surface area contributed by atoms with Crippen molar-refractivity contribution < 1.29 is 64.7 Å². The zero-order valence-corrected chi connectivity index (χ0v) is 45.6. The van der Waals surface area contributed by atoms with Crippen LogP contribution in [-0.2, 0) is 41.6 Å². The summed E-state index contributed by atoms with van der Waals surface area (Å²) in [5, 5.41) is 16.6. The summed E-state index contributed by atoms with van der Waals surface area (Å²) >= 11 is 0. The van der Waals surface area contributed by atoms with Crippen LogP contribution in [0, 0.1) is 0 Å². The summed E-state index contributed by atoms with van der Waals surface area (Å²) < 4.78 is 82.7. The van der Waals surface area contributed by atoms with Crippen molar-refractivity contribution in [2.45, 2.75) is 127 Å². The molecule has 1 unspecified atom stereocenters. The van der Waals surface area contributed by atoms with Crippen LogP contribution in [0.5, 0.6) is 0 Å². The molecule has 2 aliphatic rings. The van der Waals surface area contributed by atoms with Gasteiger partial charge in [-0.15, -0.1) is 0 Å². The fourth-order valence-electron chi connectivity index (χ4n) is 9.63. The van der Waals surface area contributed by atoms with Gasteiger partial charge in [-0.3, -0.25) is 38.4 Å². The maximum atomic E-state index is 14.1. The monoisotopic (exact) mass is 1130 g/mol. The third-order valence-electron chi connectivity index (χ3n) is 14.5. The van der Waals surface area contributed by atoms with E-state index in [0.29, 0.717) is 25.7 Å². The Morgan fingerprint density at radius 2 is 0.900 bits per heavy atom. The Morgan fingerprint density at radius 1 is 0.550 bits per heavy atom. The third-order valence-corrected chi connectivity index (χ3v) is 14.5. The molecule has 2 heterocycles. The molecule has 0 spiro atoms. The molecule has 2 fully saturated rings. The minimum atomic E-state index is -5.13. The van der Waals surface area contributed by atoms with Gasteiger partial charge in [0.25, 0.3) is 11.8 Å². The number of likely N-dealkylation sites (tertiary alicyclic amines) is 2. The molecule has 18 nitrogen and oxygen atoms in total. The number of carbonyl (C=O) groups excluding carboxylic acids is 8. The molecule has 3 aromatic rings. The second-order valence-corrected chi connectivity index (χ2v) is 20.1. The van der Waals surface area contributed by atoms with Gasteiger partial charge < -0.3 is 51.5 Å². The van der Waals surface area contributed by atoms with Crippen molar-refractivity contribution in [1.29, 1.82) is 0 Å². The topological polar surface area (TPSA) is 222 Å². The molecular weight excluding hydrogens is 1050 g/mol. The molecule has 2 aliphatic heterocycles. The number of hydrogen-bond acceptors (Lipinski definition) is 10. The van der Waals surface area contributed by atoms with E-state index in [9.17, 15) is 64.7 Å². The van der Waals surface area contributed by atoms with E-state index in [1.807, 2.05) is 0 Å². The number of amides is 8. The number of hydrogen-bond donors (Lipinski definition) is 6. The van der Waals surface area contributed by atoms with Gasteiger partial charge in [-0.25, -0.2) is 0 Å². The molecule has 2 saturated heterocycles. The van der Waals surface area contributed by atoms with Gasteiger partial charge >= 0.3 is 24.2 Å². The van der Waals surface area contributed by atoms with Crippen LogP contribution in [-0.4, -0.2) is 182 Å². The van der Waals surface area contributed by atoms with Crippen molar-refractivity contribution >= 4 is 47.3 Å². The van der Waals surface area contributed by atoms with Crippen molar-refractivity contribution in [2.24, 2.45) is 0 Å². The smallest absolute Gasteiger partial charge is 0.352 e. The lowest BCUT2D eigenvalue weighted by Gasteiger charge is -2.33. The lowest BCUT2D eigenvalue weighted by atomic mass is 10.1. The zero-order chi connectivity index (χ0) is 58.6. The van der Waals surface area contributed by atoms with E-state index in [1.54, 1.807) is 88.6 Å². The van der Waals surface area contributed by atoms with E-state index >= 15 is 0 Å². The predicted octanol–water partition coefficient (Wildman–Crippen LogP) is 4.14. The summed E-state index contributed by atoms with van der Waals surface area (Å²) in [6.07, 6.45) is -7.79. The summed E-state index contributed by atoms with van der Waals surface area (Å²) in [4.78, 5) is 110. The molecule has 0 bridgehead atoms. The van der Waals surface area contributed by atoms with Gasteiger partial charge in [0.05, 0.1) is 12.1 Å². The fourth-order valence-corrected chi connectivity index (χ4v) is 9.63. The Kier molecular flexibility index (Phi) is 24.3. The van der Waals surface area contributed by atoms with Gasteiger partial charge in [0.15, 0.2) is 0 Å². The Bertz CT molecular complexity index is 2370. The van der Waals surface area contributed by atoms with Crippen LogP contribution in [0.1, 0.15) is 97.1 Å². The molecule has 8 amide bonds. The first-order valence-corrected chi connectivity index (χ1v) is 27.0. The average molecular weight is 1130 g/mol. The number of nitrogens with zero attached hydrogens (tertiary/aromatic N) is 4. The van der Waals surface area contributed by atoms with Crippen molar-refractivity contribution in [3.63, 3.8) is 0 Å². The molecule has 0 aliphatic carbocycles. The SMILES string of the molecule is CN[C@@H](C)C(=O)NC(CCCNC(=O)c1ccc(C(=O)NCCC[C@H](NC(=O)[C@H](C)NC)C(=O)N2CCC[C@H]2CN(CCc2ccccc2)C(=O)C(F)(F)F)cc1)C(=O)N1CCC[C@H]1CN(CCc1ccccc1)C(=O)C(F)(F)F. The fraction of sp³-hybridized carbons (Fsp3) is 0.536. The molecule has 0 radical (unpaired) electrons. The van der Waals surface area contributed by atoms with Gasteiger partial charge in [-0.1, -0.05) is 60.7 Å². The predicted molar refractivity (Wildman–Crippen MR) is 286 cm³/mol. The number of rotatable bonds is 28. The maximum Gasteiger partial charge on any atom is 0.471 e. The Morgan fingerprint density at radius 3 is 1.23 bits per heavy atom. The number of carbonyl (C=O) groups is 8. The number of benzene rings is 3. The Balaban J connectivity index is 1.14. The Labute approximate surface area is 462 Å². The van der Waals surface area contributed by atoms with Crippen molar-refractivity contribution in [3.8, 4) is 0 Å². The summed E-state index contributed by atoms with van der Waals surface area (Å²) in [6, 6.07) is 18.1. The summed E-state index contributed by atoms with van der Waals surface area (Å²) in [7, 11) is 3.12. The van der Waals surface area contributed by atoms with Crippen LogP contribution in [0.25, 0.3) is 0 Å². The summed E-state index contributed by atoms with van der Waals surface area (Å²) in [5.41, 5.74) is 1.88. The number of nitrogens with one attached hydrogen (secondary N) is 6. The van der Waals surface area contributed by atoms with E-state index in [1.165, 1.54) is 34.1 Å². The molecular formula is C56H74F6N10O8. The molecule has 0 aromatic heterocycles. The van der Waals surface area contributed by atoms with E-state index in [0.717, 1.165) is 20.9 Å². The molecule has 5 rings (SSSR count). The average Bonchev–Trinajstić information content (AvgIpc) is 4.13. The molecule has 0 saturated carbocycles. The lowest BCUT2D eigenvalue weighted by molar-refractivity contribution is -0.186. The first-order chi connectivity index (χ1) is 38.0. The second kappa shape index (κ2) is 30.5. The molecule has 6 N–H and O–H groups in total. The number of halogens is 6. The van der Waals surface area contributed by atoms with Gasteiger partial charge in [-0.2, -0.15) is 26.3 Å². The third kappa shape index (κ3) is 19.0. The van der Waals surface area contributed by atoms with Crippen molar-refractivity contribution in [3.05, 3.63) is 107 Å². The highest BCUT2D eigenvalue weighted by molar-refractivity contribution is 5.98. The van der Waals surface area contributed by atoms with Gasteiger partial charge in [0, 0.05) is 75.6 Å².